The molecule has 0 aliphatic carbocycles. The minimum atomic E-state index is 0.0742. The van der Waals surface area contributed by atoms with E-state index in [1.54, 1.807) is 0 Å². The van der Waals surface area contributed by atoms with Crippen LogP contribution in [0.15, 0.2) is 66.3 Å². The predicted octanol–water partition coefficient (Wildman–Crippen LogP) is 5.63. The summed E-state index contributed by atoms with van der Waals surface area (Å²) in [5, 5.41) is 7.11. The van der Waals surface area contributed by atoms with Gasteiger partial charge in [0, 0.05) is 23.6 Å². The maximum absolute atomic E-state index is 5.74. The van der Waals surface area contributed by atoms with Crippen LogP contribution in [-0.4, -0.2) is 32.5 Å². The molecule has 4 heteroatoms. The van der Waals surface area contributed by atoms with Gasteiger partial charge >= 0.3 is 0 Å². The van der Waals surface area contributed by atoms with Crippen LogP contribution in [0.5, 0.6) is 0 Å². The Morgan fingerprint density at radius 3 is 2.76 bits per heavy atom. The van der Waals surface area contributed by atoms with Crippen molar-refractivity contribution in [2.24, 2.45) is 0 Å². The minimum absolute atomic E-state index is 0.0742. The van der Waals surface area contributed by atoms with Crippen molar-refractivity contribution in [2.75, 3.05) is 37.0 Å². The van der Waals surface area contributed by atoms with Crippen molar-refractivity contribution in [3.05, 3.63) is 77.4 Å². The zero-order valence-electron chi connectivity index (χ0n) is 17.7. The Labute approximate surface area is 174 Å². The fourth-order valence-electron chi connectivity index (χ4n) is 3.38. The largest absolute Gasteiger partial charge is 0.381 e. The van der Waals surface area contributed by atoms with Gasteiger partial charge in [0.05, 0.1) is 25.9 Å². The Morgan fingerprint density at radius 2 is 1.93 bits per heavy atom. The molecule has 1 unspecified atom stereocenters. The molecule has 0 aromatic heterocycles. The van der Waals surface area contributed by atoms with E-state index in [1.807, 2.05) is 0 Å². The Hall–Kier alpha value is -2.56. The summed E-state index contributed by atoms with van der Waals surface area (Å²) < 4.78 is 11.2. The molecule has 2 N–H and O–H groups in total. The summed E-state index contributed by atoms with van der Waals surface area (Å²) in [6, 6.07) is 14.9. The van der Waals surface area contributed by atoms with Crippen molar-refractivity contribution in [1.82, 2.24) is 0 Å². The molecule has 1 heterocycles. The van der Waals surface area contributed by atoms with E-state index in [0.29, 0.717) is 19.8 Å². The molecule has 0 radical (unpaired) electrons. The minimum Gasteiger partial charge on any atom is -0.381 e. The Bertz CT molecular complexity index is 858. The second-order valence-corrected chi connectivity index (χ2v) is 7.31. The highest BCUT2D eigenvalue weighted by atomic mass is 16.5. The van der Waals surface area contributed by atoms with Crippen LogP contribution in [0.4, 0.5) is 17.1 Å². The molecular weight excluding hydrogens is 360 g/mol. The molecular formula is C25H32N2O2. The second kappa shape index (κ2) is 10.8. The Kier molecular flexibility index (Phi) is 7.91. The average molecular weight is 393 g/mol. The highest BCUT2D eigenvalue weighted by molar-refractivity contribution is 5.68. The molecule has 1 atom stereocenters. The number of aryl methyl sites for hydroxylation is 2. The third kappa shape index (κ3) is 6.48. The van der Waals surface area contributed by atoms with Crippen LogP contribution in [-0.2, 0) is 15.9 Å². The van der Waals surface area contributed by atoms with Gasteiger partial charge in [-0.3, -0.25) is 0 Å². The third-order valence-corrected chi connectivity index (χ3v) is 4.99. The van der Waals surface area contributed by atoms with Crippen molar-refractivity contribution in [1.29, 1.82) is 0 Å². The van der Waals surface area contributed by atoms with E-state index < -0.39 is 0 Å². The number of hydrogen-bond donors (Lipinski definition) is 2. The number of benzene rings is 2. The maximum atomic E-state index is 5.74. The topological polar surface area (TPSA) is 42.5 Å². The summed E-state index contributed by atoms with van der Waals surface area (Å²) in [5.74, 6) is 0. The first-order chi connectivity index (χ1) is 14.2. The molecule has 0 amide bonds. The van der Waals surface area contributed by atoms with Gasteiger partial charge in [-0.05, 0) is 61.2 Å². The zero-order chi connectivity index (χ0) is 20.5. The van der Waals surface area contributed by atoms with Crippen molar-refractivity contribution >= 4 is 17.1 Å². The summed E-state index contributed by atoms with van der Waals surface area (Å²) in [6.07, 6.45) is 7.43. The maximum Gasteiger partial charge on any atom is 0.0735 e. The van der Waals surface area contributed by atoms with E-state index in [0.717, 1.165) is 24.3 Å². The van der Waals surface area contributed by atoms with Gasteiger partial charge in [-0.15, -0.1) is 0 Å². The molecule has 2 aromatic rings. The summed E-state index contributed by atoms with van der Waals surface area (Å²) >= 11 is 0. The van der Waals surface area contributed by atoms with Crippen LogP contribution in [0.3, 0.4) is 0 Å². The van der Waals surface area contributed by atoms with Gasteiger partial charge in [-0.25, -0.2) is 0 Å². The second-order valence-electron chi connectivity index (χ2n) is 7.31. The lowest BCUT2D eigenvalue weighted by atomic mass is 10.1. The van der Waals surface area contributed by atoms with Crippen molar-refractivity contribution < 1.29 is 9.47 Å². The molecule has 0 saturated heterocycles. The number of rotatable bonds is 6. The first-order valence-electron chi connectivity index (χ1n) is 10.4. The van der Waals surface area contributed by atoms with E-state index in [9.17, 15) is 0 Å². The van der Waals surface area contributed by atoms with Crippen LogP contribution in [0.1, 0.15) is 25.0 Å². The standard InChI is InChI=1S/C25H32N2O2/c1-4-22-9-5-6-10-25(22)27-24-12-11-23(16-19(24)2)26-18-21-8-7-13-28-14-15-29-20(3)17-21/h5-12,16-17,20,26-27H,4,13-15,18H2,1-3H3/b8-7-,21-17+. The van der Waals surface area contributed by atoms with Gasteiger partial charge in [0.2, 0.25) is 0 Å². The van der Waals surface area contributed by atoms with Crippen molar-refractivity contribution in [2.45, 2.75) is 33.3 Å². The number of nitrogens with one attached hydrogen (secondary N) is 2. The summed E-state index contributed by atoms with van der Waals surface area (Å²) in [6.45, 7) is 9.01. The molecule has 0 bridgehead atoms. The molecule has 0 saturated carbocycles. The van der Waals surface area contributed by atoms with Crippen molar-refractivity contribution in [3.8, 4) is 0 Å². The third-order valence-electron chi connectivity index (χ3n) is 4.99. The van der Waals surface area contributed by atoms with E-state index >= 15 is 0 Å². The van der Waals surface area contributed by atoms with E-state index in [4.69, 9.17) is 9.47 Å². The van der Waals surface area contributed by atoms with Crippen LogP contribution in [0.2, 0.25) is 0 Å². The average Bonchev–Trinajstić information content (AvgIpc) is 2.73. The van der Waals surface area contributed by atoms with E-state index in [1.165, 1.54) is 22.4 Å². The number of ether oxygens (including phenoxy) is 2. The molecule has 3 rings (SSSR count). The zero-order valence-corrected chi connectivity index (χ0v) is 17.7. The summed E-state index contributed by atoms with van der Waals surface area (Å²) in [4.78, 5) is 0. The molecule has 154 valence electrons. The number of anilines is 3. The quantitative estimate of drug-likeness (QED) is 0.668. The van der Waals surface area contributed by atoms with E-state index in [-0.39, 0.29) is 6.10 Å². The van der Waals surface area contributed by atoms with Gasteiger partial charge in [0.25, 0.3) is 0 Å². The Balaban J connectivity index is 1.66. The fraction of sp³-hybridized carbons (Fsp3) is 0.360. The molecule has 29 heavy (non-hydrogen) atoms. The Morgan fingerprint density at radius 1 is 1.07 bits per heavy atom. The molecule has 0 spiro atoms. The van der Waals surface area contributed by atoms with Crippen molar-refractivity contribution in [3.63, 3.8) is 0 Å². The molecule has 2 aromatic carbocycles. The lowest BCUT2D eigenvalue weighted by Gasteiger charge is -2.16. The van der Waals surface area contributed by atoms with Crippen LogP contribution < -0.4 is 10.6 Å². The molecule has 0 fully saturated rings. The van der Waals surface area contributed by atoms with Crippen LogP contribution in [0, 0.1) is 6.92 Å². The number of hydrogen-bond acceptors (Lipinski definition) is 4. The van der Waals surface area contributed by atoms with Gasteiger partial charge in [-0.1, -0.05) is 43.4 Å². The van der Waals surface area contributed by atoms with Gasteiger partial charge < -0.3 is 20.1 Å². The normalized spacial score (nSPS) is 20.4. The van der Waals surface area contributed by atoms with E-state index in [2.05, 4.69) is 92.1 Å². The summed E-state index contributed by atoms with van der Waals surface area (Å²) in [7, 11) is 0. The smallest absolute Gasteiger partial charge is 0.0735 e. The van der Waals surface area contributed by atoms with Crippen LogP contribution >= 0.6 is 0 Å². The molecule has 1 aliphatic rings. The van der Waals surface area contributed by atoms with Gasteiger partial charge in [0.15, 0.2) is 0 Å². The summed E-state index contributed by atoms with van der Waals surface area (Å²) in [5.41, 5.74) is 7.14. The SMILES string of the molecule is CCc1ccccc1Nc1ccc(NCC2=C/C(C)OCCOC/C=C\2)cc1C. The molecule has 1 aliphatic heterocycles. The fourth-order valence-corrected chi connectivity index (χ4v) is 3.38. The lowest BCUT2D eigenvalue weighted by molar-refractivity contribution is 0.0371. The van der Waals surface area contributed by atoms with Gasteiger partial charge in [0.1, 0.15) is 0 Å². The molecule has 4 nitrogen and oxygen atoms in total. The number of para-hydroxylation sites is 1. The van der Waals surface area contributed by atoms with Crippen LogP contribution in [0.25, 0.3) is 0 Å². The lowest BCUT2D eigenvalue weighted by Crippen LogP contribution is -2.14. The highest BCUT2D eigenvalue weighted by Crippen LogP contribution is 2.26. The first kappa shape index (κ1) is 21.2. The van der Waals surface area contributed by atoms with Gasteiger partial charge in [-0.2, -0.15) is 0 Å². The highest BCUT2D eigenvalue weighted by Gasteiger charge is 2.06. The first-order valence-corrected chi connectivity index (χ1v) is 10.4. The predicted molar refractivity (Wildman–Crippen MR) is 122 cm³/mol. The monoisotopic (exact) mass is 392 g/mol.